The van der Waals surface area contributed by atoms with E-state index in [-0.39, 0.29) is 5.54 Å². The standard InChI is InChI=1S/C15H20BrClN2/c1-10-8-18-15(2,11-3-4-11)9-19(10)12-5-6-13(16)14(17)7-12/h5-7,10-11,18H,3-4,8-9H2,1-2H3. The van der Waals surface area contributed by atoms with Crippen molar-refractivity contribution in [2.45, 2.75) is 38.3 Å². The van der Waals surface area contributed by atoms with E-state index in [9.17, 15) is 0 Å². The number of rotatable bonds is 2. The van der Waals surface area contributed by atoms with Gasteiger partial charge in [-0.15, -0.1) is 0 Å². The van der Waals surface area contributed by atoms with Gasteiger partial charge in [-0.05, 0) is 66.7 Å². The molecular formula is C15H20BrClN2. The summed E-state index contributed by atoms with van der Waals surface area (Å²) in [7, 11) is 0. The Kier molecular flexibility index (Phi) is 3.57. The second-order valence-electron chi connectivity index (χ2n) is 6.15. The van der Waals surface area contributed by atoms with E-state index in [4.69, 9.17) is 11.6 Å². The van der Waals surface area contributed by atoms with Crippen molar-refractivity contribution in [3.05, 3.63) is 27.7 Å². The molecule has 1 saturated carbocycles. The van der Waals surface area contributed by atoms with Gasteiger partial charge >= 0.3 is 0 Å². The minimum Gasteiger partial charge on any atom is -0.366 e. The predicted molar refractivity (Wildman–Crippen MR) is 85.1 cm³/mol. The van der Waals surface area contributed by atoms with Gasteiger partial charge in [0.1, 0.15) is 0 Å². The zero-order valence-electron chi connectivity index (χ0n) is 11.4. The Morgan fingerprint density at radius 2 is 2.16 bits per heavy atom. The molecule has 1 aliphatic carbocycles. The molecule has 3 rings (SSSR count). The minimum atomic E-state index is 0.256. The van der Waals surface area contributed by atoms with Crippen molar-refractivity contribution in [1.29, 1.82) is 0 Å². The Hall–Kier alpha value is -0.250. The lowest BCUT2D eigenvalue weighted by atomic mass is 9.91. The second-order valence-corrected chi connectivity index (χ2v) is 7.41. The quantitative estimate of drug-likeness (QED) is 0.871. The van der Waals surface area contributed by atoms with E-state index in [1.807, 2.05) is 6.07 Å². The van der Waals surface area contributed by atoms with Crippen molar-refractivity contribution in [2.24, 2.45) is 5.92 Å². The molecule has 2 fully saturated rings. The van der Waals surface area contributed by atoms with Crippen molar-refractivity contribution < 1.29 is 0 Å². The first-order valence-corrected chi connectivity index (χ1v) is 8.13. The van der Waals surface area contributed by atoms with E-state index in [1.54, 1.807) is 0 Å². The maximum Gasteiger partial charge on any atom is 0.0568 e. The summed E-state index contributed by atoms with van der Waals surface area (Å²) in [4.78, 5) is 2.49. The molecule has 1 aliphatic heterocycles. The molecule has 104 valence electrons. The molecule has 2 aliphatic rings. The van der Waals surface area contributed by atoms with Crippen molar-refractivity contribution in [2.75, 3.05) is 18.0 Å². The largest absolute Gasteiger partial charge is 0.366 e. The van der Waals surface area contributed by atoms with E-state index in [2.05, 4.69) is 52.1 Å². The van der Waals surface area contributed by atoms with Gasteiger partial charge in [0.2, 0.25) is 0 Å². The van der Waals surface area contributed by atoms with Crippen LogP contribution in [0.3, 0.4) is 0 Å². The molecule has 0 aromatic heterocycles. The van der Waals surface area contributed by atoms with Gasteiger partial charge in [0.05, 0.1) is 5.02 Å². The van der Waals surface area contributed by atoms with Crippen LogP contribution in [0.15, 0.2) is 22.7 Å². The highest BCUT2D eigenvalue weighted by Crippen LogP contribution is 2.42. The van der Waals surface area contributed by atoms with Crippen LogP contribution in [0, 0.1) is 5.92 Å². The minimum absolute atomic E-state index is 0.256. The Morgan fingerprint density at radius 3 is 2.79 bits per heavy atom. The predicted octanol–water partition coefficient (Wildman–Crippen LogP) is 4.07. The first-order valence-electron chi connectivity index (χ1n) is 6.96. The molecule has 2 nitrogen and oxygen atoms in total. The first-order chi connectivity index (χ1) is 8.99. The fourth-order valence-corrected chi connectivity index (χ4v) is 3.48. The summed E-state index contributed by atoms with van der Waals surface area (Å²) in [6.07, 6.45) is 2.74. The number of piperazine rings is 1. The van der Waals surface area contributed by atoms with Gasteiger partial charge in [0, 0.05) is 34.8 Å². The molecule has 0 spiro atoms. The molecule has 0 amide bonds. The SMILES string of the molecule is CC1CNC(C)(C2CC2)CN1c1ccc(Br)c(Cl)c1. The van der Waals surface area contributed by atoms with Gasteiger partial charge in [0.25, 0.3) is 0 Å². The van der Waals surface area contributed by atoms with Crippen LogP contribution >= 0.6 is 27.5 Å². The first kappa shape index (κ1) is 13.7. The molecule has 1 N–H and O–H groups in total. The van der Waals surface area contributed by atoms with Crippen molar-refractivity contribution in [1.82, 2.24) is 5.32 Å². The van der Waals surface area contributed by atoms with E-state index >= 15 is 0 Å². The number of hydrogen-bond donors (Lipinski definition) is 1. The third-order valence-corrected chi connectivity index (χ3v) is 5.78. The fraction of sp³-hybridized carbons (Fsp3) is 0.600. The van der Waals surface area contributed by atoms with Crippen LogP contribution in [0.4, 0.5) is 5.69 Å². The van der Waals surface area contributed by atoms with Gasteiger partial charge in [-0.1, -0.05) is 11.6 Å². The Bertz CT molecular complexity index is 489. The van der Waals surface area contributed by atoms with Crippen LogP contribution in [-0.2, 0) is 0 Å². The van der Waals surface area contributed by atoms with Crippen LogP contribution < -0.4 is 10.2 Å². The van der Waals surface area contributed by atoms with E-state index in [0.717, 1.165) is 28.5 Å². The monoisotopic (exact) mass is 342 g/mol. The average molecular weight is 344 g/mol. The molecule has 1 saturated heterocycles. The molecule has 1 aromatic carbocycles. The number of hydrogen-bond acceptors (Lipinski definition) is 2. The molecule has 1 aromatic rings. The maximum atomic E-state index is 6.24. The third kappa shape index (κ3) is 2.65. The summed E-state index contributed by atoms with van der Waals surface area (Å²) in [5, 5.41) is 4.54. The Morgan fingerprint density at radius 1 is 1.42 bits per heavy atom. The van der Waals surface area contributed by atoms with Gasteiger partial charge in [-0.25, -0.2) is 0 Å². The highest BCUT2D eigenvalue weighted by molar-refractivity contribution is 9.10. The second kappa shape index (κ2) is 4.94. The summed E-state index contributed by atoms with van der Waals surface area (Å²) in [6.45, 7) is 6.75. The number of anilines is 1. The molecule has 4 heteroatoms. The zero-order chi connectivity index (χ0) is 13.6. The van der Waals surface area contributed by atoms with Gasteiger partial charge in [-0.2, -0.15) is 0 Å². The van der Waals surface area contributed by atoms with Gasteiger partial charge in [-0.3, -0.25) is 0 Å². The zero-order valence-corrected chi connectivity index (χ0v) is 13.8. The highest BCUT2D eigenvalue weighted by atomic mass is 79.9. The van der Waals surface area contributed by atoms with E-state index in [0.29, 0.717) is 6.04 Å². The summed E-state index contributed by atoms with van der Waals surface area (Å²) in [5.74, 6) is 0.841. The summed E-state index contributed by atoms with van der Waals surface area (Å²) in [6, 6.07) is 6.77. The van der Waals surface area contributed by atoms with Crippen molar-refractivity contribution in [3.8, 4) is 0 Å². The smallest absolute Gasteiger partial charge is 0.0568 e. The molecule has 0 radical (unpaired) electrons. The van der Waals surface area contributed by atoms with Crippen molar-refractivity contribution in [3.63, 3.8) is 0 Å². The van der Waals surface area contributed by atoms with Crippen LogP contribution in [0.2, 0.25) is 5.02 Å². The number of nitrogens with zero attached hydrogens (tertiary/aromatic N) is 1. The third-order valence-electron chi connectivity index (χ3n) is 4.55. The Labute approximate surface area is 128 Å². The molecule has 1 heterocycles. The Balaban J connectivity index is 1.86. The molecule has 0 bridgehead atoms. The summed E-state index contributed by atoms with van der Waals surface area (Å²) in [5.41, 5.74) is 1.49. The lowest BCUT2D eigenvalue weighted by molar-refractivity contribution is 0.261. The van der Waals surface area contributed by atoms with Gasteiger partial charge < -0.3 is 10.2 Å². The molecular weight excluding hydrogens is 324 g/mol. The number of nitrogens with one attached hydrogen (secondary N) is 1. The molecule has 2 unspecified atom stereocenters. The molecule has 2 atom stereocenters. The number of halogens is 2. The lowest BCUT2D eigenvalue weighted by Crippen LogP contribution is -2.63. The fourth-order valence-electron chi connectivity index (χ4n) is 3.06. The normalized spacial score (nSPS) is 31.6. The van der Waals surface area contributed by atoms with Crippen LogP contribution in [-0.4, -0.2) is 24.7 Å². The molecule has 19 heavy (non-hydrogen) atoms. The van der Waals surface area contributed by atoms with Crippen LogP contribution in [0.25, 0.3) is 0 Å². The summed E-state index contributed by atoms with van der Waals surface area (Å²) < 4.78 is 0.964. The number of benzene rings is 1. The topological polar surface area (TPSA) is 15.3 Å². The summed E-state index contributed by atoms with van der Waals surface area (Å²) >= 11 is 9.70. The lowest BCUT2D eigenvalue weighted by Gasteiger charge is -2.47. The maximum absolute atomic E-state index is 6.24. The van der Waals surface area contributed by atoms with Gasteiger partial charge in [0.15, 0.2) is 0 Å². The van der Waals surface area contributed by atoms with Crippen molar-refractivity contribution >= 4 is 33.2 Å². The van der Waals surface area contributed by atoms with Crippen LogP contribution in [0.5, 0.6) is 0 Å². The van der Waals surface area contributed by atoms with Crippen LogP contribution in [0.1, 0.15) is 26.7 Å². The van der Waals surface area contributed by atoms with E-state index in [1.165, 1.54) is 18.5 Å². The average Bonchev–Trinajstić information content (AvgIpc) is 3.21. The highest BCUT2D eigenvalue weighted by Gasteiger charge is 2.45. The van der Waals surface area contributed by atoms with E-state index < -0.39 is 0 Å².